The Morgan fingerprint density at radius 2 is 1.27 bits per heavy atom. The molecule has 0 amide bonds. The first-order chi connectivity index (χ1) is 20.9. The molecule has 4 aromatic rings. The van der Waals surface area contributed by atoms with Crippen molar-refractivity contribution < 1.29 is 18.9 Å². The molecule has 1 fully saturated rings. The van der Waals surface area contributed by atoms with Gasteiger partial charge in [-0.3, -0.25) is 0 Å². The van der Waals surface area contributed by atoms with Gasteiger partial charge in [-0.2, -0.15) is 0 Å². The van der Waals surface area contributed by atoms with Gasteiger partial charge in [-0.25, -0.2) is 0 Å². The summed E-state index contributed by atoms with van der Waals surface area (Å²) in [5.41, 5.74) is 2.64. The second kappa shape index (κ2) is 13.3. The molecule has 0 spiro atoms. The molecule has 230 valence electrons. The SMILES string of the molecule is Cc1ccc(OC[C@H]2O[C@@H](n3cc(/C=[CH]/[Ge]([CH3])([CH3])[CH3])c(=O)[nH]c3=O)[C@H](Oc3ccc(C)cc3)[C@@H]2Oc2ccc(C)cc2)cc1. The van der Waals surface area contributed by atoms with E-state index in [4.69, 9.17) is 18.9 Å². The van der Waals surface area contributed by atoms with Gasteiger partial charge in [0, 0.05) is 0 Å². The van der Waals surface area contributed by atoms with Crippen molar-refractivity contribution in [1.82, 2.24) is 9.55 Å². The van der Waals surface area contributed by atoms with Crippen molar-refractivity contribution in [3.63, 3.8) is 0 Å². The van der Waals surface area contributed by atoms with Crippen molar-refractivity contribution in [3.8, 4) is 17.2 Å². The minimum absolute atomic E-state index is 0.145. The zero-order valence-electron chi connectivity index (χ0n) is 26.1. The van der Waals surface area contributed by atoms with Gasteiger partial charge in [0.05, 0.1) is 0 Å². The van der Waals surface area contributed by atoms with Gasteiger partial charge < -0.3 is 0 Å². The monoisotopic (exact) mass is 658 g/mol. The number of ether oxygens (including phenoxy) is 4. The van der Waals surface area contributed by atoms with Crippen LogP contribution in [0, 0.1) is 20.8 Å². The molecule has 4 atom stereocenters. The molecule has 0 saturated carbocycles. The van der Waals surface area contributed by atoms with Crippen molar-refractivity contribution in [2.45, 2.75) is 62.6 Å². The summed E-state index contributed by atoms with van der Waals surface area (Å²) in [6.07, 6.45) is 0.362. The van der Waals surface area contributed by atoms with Gasteiger partial charge in [0.25, 0.3) is 0 Å². The van der Waals surface area contributed by atoms with Crippen LogP contribution in [0.1, 0.15) is 28.5 Å². The quantitative estimate of drug-likeness (QED) is 0.204. The summed E-state index contributed by atoms with van der Waals surface area (Å²) >= 11 is -2.13. The van der Waals surface area contributed by atoms with Crippen LogP contribution in [-0.2, 0) is 4.74 Å². The zero-order valence-corrected chi connectivity index (χ0v) is 28.2. The molecular weight excluding hydrogens is 617 g/mol. The Balaban J connectivity index is 1.56. The molecule has 0 bridgehead atoms. The number of hydrogen-bond donors (Lipinski definition) is 1. The number of benzene rings is 3. The summed E-state index contributed by atoms with van der Waals surface area (Å²) in [6.45, 7) is 6.18. The van der Waals surface area contributed by atoms with Crippen molar-refractivity contribution in [2.24, 2.45) is 0 Å². The van der Waals surface area contributed by atoms with E-state index in [0.717, 1.165) is 16.7 Å². The van der Waals surface area contributed by atoms with Crippen LogP contribution < -0.4 is 25.5 Å². The molecule has 1 aromatic heterocycles. The van der Waals surface area contributed by atoms with Crippen LogP contribution in [0.5, 0.6) is 17.2 Å². The number of nitrogens with zero attached hydrogens (tertiary/aromatic N) is 1. The minimum atomic E-state index is -2.13. The van der Waals surface area contributed by atoms with E-state index in [1.807, 2.05) is 93.6 Å². The topological polar surface area (TPSA) is 91.8 Å². The van der Waals surface area contributed by atoms with E-state index in [9.17, 15) is 9.59 Å². The molecule has 1 aliphatic rings. The van der Waals surface area contributed by atoms with Crippen LogP contribution in [0.25, 0.3) is 6.08 Å². The van der Waals surface area contributed by atoms with E-state index in [1.165, 1.54) is 4.57 Å². The van der Waals surface area contributed by atoms with E-state index in [1.54, 1.807) is 12.3 Å². The van der Waals surface area contributed by atoms with Crippen molar-refractivity contribution in [3.05, 3.63) is 127 Å². The average molecular weight is 657 g/mol. The van der Waals surface area contributed by atoms with Crippen LogP contribution in [0.15, 0.2) is 93.5 Å². The first kappa shape index (κ1) is 31.4. The maximum absolute atomic E-state index is 13.3. The average Bonchev–Trinajstić information content (AvgIpc) is 3.30. The molecule has 1 N–H and O–H groups in total. The number of H-pyrrole nitrogens is 1. The Labute approximate surface area is 260 Å². The van der Waals surface area contributed by atoms with Crippen LogP contribution in [-0.4, -0.2) is 47.7 Å². The van der Waals surface area contributed by atoms with E-state index in [2.05, 4.69) is 27.2 Å². The molecule has 5 rings (SSSR count). The normalized spacial score (nSPS) is 20.1. The molecule has 3 aromatic carbocycles. The van der Waals surface area contributed by atoms with Crippen LogP contribution in [0.3, 0.4) is 0 Å². The van der Waals surface area contributed by atoms with Gasteiger partial charge in [0.2, 0.25) is 0 Å². The third-order valence-corrected chi connectivity index (χ3v) is 9.79. The molecule has 1 aliphatic heterocycles. The predicted molar refractivity (Wildman–Crippen MR) is 175 cm³/mol. The number of aryl methyl sites for hydroxylation is 3. The van der Waals surface area contributed by atoms with Gasteiger partial charge in [0.1, 0.15) is 0 Å². The number of aromatic nitrogens is 2. The summed E-state index contributed by atoms with van der Waals surface area (Å²) in [7, 11) is 0. The Bertz CT molecular complexity index is 1700. The van der Waals surface area contributed by atoms with Crippen LogP contribution in [0.2, 0.25) is 17.3 Å². The first-order valence-electron chi connectivity index (χ1n) is 14.8. The number of rotatable bonds is 10. The Kier molecular flexibility index (Phi) is 9.51. The summed E-state index contributed by atoms with van der Waals surface area (Å²) in [4.78, 5) is 30.7. The van der Waals surface area contributed by atoms with Gasteiger partial charge in [-0.15, -0.1) is 0 Å². The standard InChI is InChI=1S/C35H40GeN2O6/c1-23-7-13-27(14-8-23)41-22-30-31(42-28-15-9-24(2)10-16-28)32(43-29-17-11-25(3)12-18-29)34(44-30)38-21-26(19-20-36(4,5)6)33(39)37-35(38)40/h7-21,30-32,34H,22H2,1-6H3,(H,37,39,40)/b20-19+/t30-,31-,32-,34-/m1/s1. The van der Waals surface area contributed by atoms with Gasteiger partial charge >= 0.3 is 217 Å². The fourth-order valence-electron chi connectivity index (χ4n) is 4.84. The van der Waals surface area contributed by atoms with Gasteiger partial charge in [-0.1, -0.05) is 23.3 Å². The Hall–Kier alpha value is -4.02. The molecule has 8 nitrogen and oxygen atoms in total. The molecule has 1 saturated heterocycles. The van der Waals surface area contributed by atoms with Crippen LogP contribution in [0.4, 0.5) is 0 Å². The van der Waals surface area contributed by atoms with Crippen molar-refractivity contribution >= 4 is 19.3 Å². The fourth-order valence-corrected chi connectivity index (χ4v) is 6.27. The fraction of sp³-hybridized carbons (Fsp3) is 0.314. The zero-order chi connectivity index (χ0) is 31.4. The molecule has 0 aliphatic carbocycles. The first-order valence-corrected chi connectivity index (χ1v) is 22.3. The van der Waals surface area contributed by atoms with E-state index in [-0.39, 0.29) is 6.61 Å². The molecule has 0 unspecified atom stereocenters. The second-order valence-electron chi connectivity index (χ2n) is 12.4. The predicted octanol–water partition coefficient (Wildman–Crippen LogP) is 6.22. The van der Waals surface area contributed by atoms with Gasteiger partial charge in [0.15, 0.2) is 0 Å². The molecule has 0 radical (unpaired) electrons. The van der Waals surface area contributed by atoms with E-state index >= 15 is 0 Å². The number of aromatic amines is 1. The summed E-state index contributed by atoms with van der Waals surface area (Å²) in [6, 6.07) is 23.2. The second-order valence-corrected chi connectivity index (χ2v) is 23.1. The van der Waals surface area contributed by atoms with Crippen molar-refractivity contribution in [2.75, 3.05) is 6.61 Å². The third kappa shape index (κ3) is 7.92. The molecule has 9 heteroatoms. The Morgan fingerprint density at radius 1 is 0.773 bits per heavy atom. The summed E-state index contributed by atoms with van der Waals surface area (Å²) in [5.74, 6) is 8.59. The van der Waals surface area contributed by atoms with Crippen LogP contribution >= 0.6 is 0 Å². The number of hydrogen-bond acceptors (Lipinski definition) is 6. The minimum Gasteiger partial charge on any atom is -0.0556 e. The van der Waals surface area contributed by atoms with Crippen molar-refractivity contribution in [1.29, 1.82) is 0 Å². The van der Waals surface area contributed by atoms with E-state index in [0.29, 0.717) is 22.8 Å². The van der Waals surface area contributed by atoms with E-state index < -0.39 is 49.1 Å². The Morgan fingerprint density at radius 3 is 1.80 bits per heavy atom. The molecule has 2 heterocycles. The third-order valence-electron chi connectivity index (χ3n) is 7.34. The van der Waals surface area contributed by atoms with Gasteiger partial charge in [-0.05, 0) is 20.8 Å². The molecular formula is C35H40GeN2O6. The smallest absolute Gasteiger partial charge is 0.0556 e. The molecule has 44 heavy (non-hydrogen) atoms. The number of nitrogens with one attached hydrogen (secondary N) is 1. The summed E-state index contributed by atoms with van der Waals surface area (Å²) in [5, 5.41) is 0. The summed E-state index contributed by atoms with van der Waals surface area (Å²) < 4.78 is 27.3. The maximum atomic E-state index is 13.3.